The Bertz CT molecular complexity index is 629. The summed E-state index contributed by atoms with van der Waals surface area (Å²) in [5, 5.41) is 3.91. The first-order valence-corrected chi connectivity index (χ1v) is 6.00. The second kappa shape index (κ2) is 5.56. The first kappa shape index (κ1) is 13.8. The van der Waals surface area contributed by atoms with Crippen LogP contribution in [0.3, 0.4) is 0 Å². The Morgan fingerprint density at radius 1 is 1.15 bits per heavy atom. The molecule has 0 bridgehead atoms. The first-order chi connectivity index (χ1) is 9.47. The van der Waals surface area contributed by atoms with Gasteiger partial charge in [-0.2, -0.15) is 5.10 Å². The van der Waals surface area contributed by atoms with E-state index in [0.29, 0.717) is 16.9 Å². The van der Waals surface area contributed by atoms with Gasteiger partial charge in [-0.15, -0.1) is 0 Å². The van der Waals surface area contributed by atoms with Crippen LogP contribution in [0.25, 0.3) is 0 Å². The molecule has 0 aliphatic rings. The van der Waals surface area contributed by atoms with E-state index >= 15 is 0 Å². The number of ether oxygens (including phenoxy) is 1. The molecule has 0 N–H and O–H groups in total. The van der Waals surface area contributed by atoms with Gasteiger partial charge in [0.1, 0.15) is 0 Å². The Balaban J connectivity index is 2.09. The molecule has 1 amide bonds. The van der Waals surface area contributed by atoms with E-state index in [-0.39, 0.29) is 5.91 Å². The number of carbonyl (C=O) groups is 2. The van der Waals surface area contributed by atoms with E-state index in [1.807, 2.05) is 0 Å². The highest BCUT2D eigenvalue weighted by molar-refractivity contribution is 5.96. The number of hydrogen-bond donors (Lipinski definition) is 0. The van der Waals surface area contributed by atoms with Crippen LogP contribution in [-0.2, 0) is 7.05 Å². The van der Waals surface area contributed by atoms with Crippen LogP contribution in [0.4, 0.5) is 0 Å². The lowest BCUT2D eigenvalue weighted by atomic mass is 10.1. The van der Waals surface area contributed by atoms with E-state index in [1.165, 1.54) is 11.1 Å². The summed E-state index contributed by atoms with van der Waals surface area (Å²) in [4.78, 5) is 25.1. The summed E-state index contributed by atoms with van der Waals surface area (Å²) in [6.45, 7) is 0. The van der Waals surface area contributed by atoms with Crippen LogP contribution in [-0.4, -0.2) is 40.7 Å². The third-order valence-electron chi connectivity index (χ3n) is 2.67. The quantitative estimate of drug-likeness (QED) is 0.792. The van der Waals surface area contributed by atoms with E-state index in [2.05, 4.69) is 5.10 Å². The zero-order chi connectivity index (χ0) is 14.7. The zero-order valence-corrected chi connectivity index (χ0v) is 11.5. The van der Waals surface area contributed by atoms with Crippen molar-refractivity contribution in [2.45, 2.75) is 0 Å². The van der Waals surface area contributed by atoms with E-state index in [1.54, 1.807) is 56.3 Å². The van der Waals surface area contributed by atoms with Gasteiger partial charge in [0.05, 0.1) is 18.0 Å². The highest BCUT2D eigenvalue weighted by Crippen LogP contribution is 2.12. The molecule has 0 saturated heterocycles. The van der Waals surface area contributed by atoms with E-state index < -0.39 is 5.97 Å². The summed E-state index contributed by atoms with van der Waals surface area (Å²) in [7, 11) is 5.08. The third-order valence-corrected chi connectivity index (χ3v) is 2.67. The number of amides is 1. The van der Waals surface area contributed by atoms with Gasteiger partial charge in [-0.05, 0) is 24.3 Å². The molecule has 104 valence electrons. The molecular weight excluding hydrogens is 258 g/mol. The van der Waals surface area contributed by atoms with Gasteiger partial charge in [0.25, 0.3) is 5.91 Å². The molecule has 1 aromatic carbocycles. The predicted molar refractivity (Wildman–Crippen MR) is 72.6 cm³/mol. The number of rotatable bonds is 3. The normalized spacial score (nSPS) is 10.2. The highest BCUT2D eigenvalue weighted by Gasteiger charge is 2.12. The van der Waals surface area contributed by atoms with Crippen LogP contribution in [0.2, 0.25) is 0 Å². The van der Waals surface area contributed by atoms with E-state index in [4.69, 9.17) is 4.74 Å². The highest BCUT2D eigenvalue weighted by atomic mass is 16.5. The third kappa shape index (κ3) is 3.03. The van der Waals surface area contributed by atoms with Crippen molar-refractivity contribution >= 4 is 11.9 Å². The second-order valence-electron chi connectivity index (χ2n) is 4.52. The molecule has 1 heterocycles. The van der Waals surface area contributed by atoms with Crippen LogP contribution >= 0.6 is 0 Å². The van der Waals surface area contributed by atoms with Crippen molar-refractivity contribution in [1.29, 1.82) is 0 Å². The van der Waals surface area contributed by atoms with Crippen molar-refractivity contribution in [2.75, 3.05) is 14.1 Å². The first-order valence-electron chi connectivity index (χ1n) is 6.00. The van der Waals surface area contributed by atoms with Gasteiger partial charge in [-0.25, -0.2) is 4.79 Å². The monoisotopic (exact) mass is 273 g/mol. The zero-order valence-electron chi connectivity index (χ0n) is 11.5. The van der Waals surface area contributed by atoms with Gasteiger partial charge >= 0.3 is 5.97 Å². The summed E-state index contributed by atoms with van der Waals surface area (Å²) in [5.74, 6) is -0.218. The fourth-order valence-electron chi connectivity index (χ4n) is 1.62. The lowest BCUT2D eigenvalue weighted by Gasteiger charge is -2.10. The number of aryl methyl sites for hydroxylation is 1. The lowest BCUT2D eigenvalue weighted by molar-refractivity contribution is 0.0733. The topological polar surface area (TPSA) is 64.4 Å². The van der Waals surface area contributed by atoms with Gasteiger partial charge in [0.2, 0.25) is 0 Å². The minimum Gasteiger partial charge on any atom is -0.420 e. The summed E-state index contributed by atoms with van der Waals surface area (Å²) in [6.07, 6.45) is 3.06. The van der Waals surface area contributed by atoms with Crippen LogP contribution in [0, 0.1) is 0 Å². The number of esters is 1. The predicted octanol–water partition coefficient (Wildman–Crippen LogP) is 1.34. The van der Waals surface area contributed by atoms with Crippen LogP contribution < -0.4 is 4.74 Å². The van der Waals surface area contributed by atoms with Gasteiger partial charge in [-0.3, -0.25) is 9.48 Å². The molecule has 0 spiro atoms. The molecule has 0 aliphatic carbocycles. The smallest absolute Gasteiger partial charge is 0.343 e. The molecule has 0 aliphatic heterocycles. The average molecular weight is 273 g/mol. The minimum atomic E-state index is -0.484. The summed E-state index contributed by atoms with van der Waals surface area (Å²) >= 11 is 0. The molecule has 1 aromatic heterocycles. The van der Waals surface area contributed by atoms with Crippen LogP contribution in [0.1, 0.15) is 20.7 Å². The van der Waals surface area contributed by atoms with Crippen molar-refractivity contribution in [3.63, 3.8) is 0 Å². The largest absolute Gasteiger partial charge is 0.420 e. The average Bonchev–Trinajstić information content (AvgIpc) is 2.83. The summed E-state index contributed by atoms with van der Waals surface area (Å²) < 4.78 is 6.69. The van der Waals surface area contributed by atoms with Gasteiger partial charge in [0, 0.05) is 26.7 Å². The Labute approximate surface area is 116 Å². The molecule has 20 heavy (non-hydrogen) atoms. The SMILES string of the molecule is CN(C)C(=O)c1ccc(C(=O)Oc2cnn(C)c2)cc1. The van der Waals surface area contributed by atoms with Gasteiger partial charge in [0.15, 0.2) is 5.75 Å². The molecular formula is C14H15N3O3. The van der Waals surface area contributed by atoms with E-state index in [9.17, 15) is 9.59 Å². The molecule has 2 aromatic rings. The number of carbonyl (C=O) groups excluding carboxylic acids is 2. The molecule has 6 heteroatoms. The molecule has 6 nitrogen and oxygen atoms in total. The minimum absolute atomic E-state index is 0.114. The second-order valence-corrected chi connectivity index (χ2v) is 4.52. The fourth-order valence-corrected chi connectivity index (χ4v) is 1.62. The fraction of sp³-hybridized carbons (Fsp3) is 0.214. The number of benzene rings is 1. The van der Waals surface area contributed by atoms with Crippen LogP contribution in [0.15, 0.2) is 36.7 Å². The molecule has 0 saturated carbocycles. The lowest BCUT2D eigenvalue weighted by Crippen LogP contribution is -2.21. The maximum absolute atomic E-state index is 11.9. The van der Waals surface area contributed by atoms with Gasteiger partial charge < -0.3 is 9.64 Å². The summed E-state index contributed by atoms with van der Waals surface area (Å²) in [5.41, 5.74) is 0.900. The van der Waals surface area contributed by atoms with Crippen molar-refractivity contribution in [3.05, 3.63) is 47.8 Å². The number of nitrogens with zero attached hydrogens (tertiary/aromatic N) is 3. The van der Waals surface area contributed by atoms with Crippen molar-refractivity contribution in [3.8, 4) is 5.75 Å². The maximum Gasteiger partial charge on any atom is 0.343 e. The molecule has 0 unspecified atom stereocenters. The Kier molecular flexibility index (Phi) is 3.84. The number of hydrogen-bond acceptors (Lipinski definition) is 4. The van der Waals surface area contributed by atoms with Gasteiger partial charge in [-0.1, -0.05) is 0 Å². The maximum atomic E-state index is 11.9. The number of aromatic nitrogens is 2. The summed E-state index contributed by atoms with van der Waals surface area (Å²) in [6, 6.07) is 6.33. The molecule has 2 rings (SSSR count). The Morgan fingerprint density at radius 3 is 2.25 bits per heavy atom. The molecule has 0 atom stereocenters. The Hall–Kier alpha value is -2.63. The standard InChI is InChI=1S/C14H15N3O3/c1-16(2)13(18)10-4-6-11(7-5-10)14(19)20-12-8-15-17(3)9-12/h4-9H,1-3H3. The molecule has 0 fully saturated rings. The van der Waals surface area contributed by atoms with Crippen molar-refractivity contribution in [1.82, 2.24) is 14.7 Å². The van der Waals surface area contributed by atoms with Crippen molar-refractivity contribution in [2.24, 2.45) is 7.05 Å². The van der Waals surface area contributed by atoms with Crippen molar-refractivity contribution < 1.29 is 14.3 Å². The molecule has 0 radical (unpaired) electrons. The van der Waals surface area contributed by atoms with Crippen LogP contribution in [0.5, 0.6) is 5.75 Å². The van der Waals surface area contributed by atoms with E-state index in [0.717, 1.165) is 0 Å². The Morgan fingerprint density at radius 2 is 1.75 bits per heavy atom.